The molecule has 132 valence electrons. The molecular weight excluding hydrogens is 292 g/mol. The van der Waals surface area contributed by atoms with Crippen LogP contribution in [0.5, 0.6) is 0 Å². The van der Waals surface area contributed by atoms with Crippen LogP contribution >= 0.6 is 0 Å². The predicted molar refractivity (Wildman–Crippen MR) is 87.9 cm³/mol. The van der Waals surface area contributed by atoms with Crippen LogP contribution in [0.3, 0.4) is 0 Å². The van der Waals surface area contributed by atoms with Crippen molar-refractivity contribution in [2.45, 2.75) is 83.5 Å². The maximum Gasteiger partial charge on any atom is 0.309 e. The Bertz CT molecular complexity index is 402. The Morgan fingerprint density at radius 2 is 1.91 bits per heavy atom. The van der Waals surface area contributed by atoms with Gasteiger partial charge in [0, 0.05) is 12.8 Å². The van der Waals surface area contributed by atoms with Crippen molar-refractivity contribution >= 4 is 5.97 Å². The molecule has 1 spiro atoms. The van der Waals surface area contributed by atoms with Crippen LogP contribution in [0.25, 0.3) is 0 Å². The molecule has 0 aromatic rings. The largest absolute Gasteiger partial charge is 0.463 e. The second-order valence-corrected chi connectivity index (χ2v) is 7.67. The molecule has 1 aliphatic heterocycles. The number of rotatable bonds is 5. The van der Waals surface area contributed by atoms with Crippen molar-refractivity contribution in [2.75, 3.05) is 13.2 Å². The van der Waals surface area contributed by atoms with Gasteiger partial charge in [-0.15, -0.1) is 0 Å². The van der Waals surface area contributed by atoms with Gasteiger partial charge in [0.25, 0.3) is 0 Å². The summed E-state index contributed by atoms with van der Waals surface area (Å²) in [6.07, 6.45) is 9.92. The lowest BCUT2D eigenvalue weighted by Crippen LogP contribution is -2.34. The van der Waals surface area contributed by atoms with E-state index in [4.69, 9.17) is 14.2 Å². The molecule has 0 amide bonds. The van der Waals surface area contributed by atoms with E-state index in [1.807, 2.05) is 0 Å². The van der Waals surface area contributed by atoms with Gasteiger partial charge in [-0.1, -0.05) is 33.1 Å². The molecule has 2 saturated carbocycles. The molecule has 0 radical (unpaired) electrons. The molecule has 3 rings (SSSR count). The molecule has 0 N–H and O–H groups in total. The summed E-state index contributed by atoms with van der Waals surface area (Å²) in [6, 6.07) is 0. The Morgan fingerprint density at radius 1 is 1.13 bits per heavy atom. The van der Waals surface area contributed by atoms with Gasteiger partial charge in [-0.3, -0.25) is 4.79 Å². The van der Waals surface area contributed by atoms with Crippen LogP contribution in [-0.2, 0) is 19.0 Å². The number of esters is 1. The minimum absolute atomic E-state index is 0.0130. The van der Waals surface area contributed by atoms with Gasteiger partial charge in [0.1, 0.15) is 12.7 Å². The zero-order valence-electron chi connectivity index (χ0n) is 14.7. The molecular formula is C19H32O4. The van der Waals surface area contributed by atoms with Gasteiger partial charge in [-0.25, -0.2) is 0 Å². The van der Waals surface area contributed by atoms with Crippen molar-refractivity contribution in [3.05, 3.63) is 0 Å². The zero-order valence-corrected chi connectivity index (χ0v) is 14.7. The summed E-state index contributed by atoms with van der Waals surface area (Å²) in [5, 5.41) is 0. The molecule has 1 saturated heterocycles. The topological polar surface area (TPSA) is 44.8 Å². The molecule has 4 atom stereocenters. The number of carbonyl (C=O) groups excluding carboxylic acids is 1. The van der Waals surface area contributed by atoms with E-state index in [-0.39, 0.29) is 23.8 Å². The fourth-order valence-electron chi connectivity index (χ4n) is 4.65. The lowest BCUT2D eigenvalue weighted by atomic mass is 9.94. The Balaban J connectivity index is 1.46. The smallest absolute Gasteiger partial charge is 0.309 e. The molecule has 0 aromatic heterocycles. The van der Waals surface area contributed by atoms with Crippen LogP contribution in [0.4, 0.5) is 0 Å². The lowest BCUT2D eigenvalue weighted by molar-refractivity contribution is -0.193. The van der Waals surface area contributed by atoms with Gasteiger partial charge >= 0.3 is 5.97 Å². The normalized spacial score (nSPS) is 36.4. The van der Waals surface area contributed by atoms with Crippen molar-refractivity contribution in [1.29, 1.82) is 0 Å². The number of hydrogen-bond acceptors (Lipinski definition) is 4. The molecule has 0 bridgehead atoms. The second-order valence-electron chi connectivity index (χ2n) is 7.67. The van der Waals surface area contributed by atoms with E-state index in [0.29, 0.717) is 25.0 Å². The fourth-order valence-corrected chi connectivity index (χ4v) is 4.65. The minimum Gasteiger partial charge on any atom is -0.463 e. The van der Waals surface area contributed by atoms with Crippen LogP contribution in [0.1, 0.15) is 71.6 Å². The minimum atomic E-state index is -0.373. The first-order chi connectivity index (χ1) is 11.2. The molecule has 4 heteroatoms. The van der Waals surface area contributed by atoms with Gasteiger partial charge in [0.2, 0.25) is 0 Å². The monoisotopic (exact) mass is 324 g/mol. The van der Waals surface area contributed by atoms with Crippen LogP contribution < -0.4 is 0 Å². The van der Waals surface area contributed by atoms with E-state index < -0.39 is 0 Å². The summed E-state index contributed by atoms with van der Waals surface area (Å²) in [5.74, 6) is 0.894. The number of hydrogen-bond donors (Lipinski definition) is 0. The first-order valence-electron chi connectivity index (χ1n) is 9.64. The van der Waals surface area contributed by atoms with E-state index >= 15 is 0 Å². The first-order valence-corrected chi connectivity index (χ1v) is 9.64. The summed E-state index contributed by atoms with van der Waals surface area (Å²) in [6.45, 7) is 5.32. The van der Waals surface area contributed by atoms with Gasteiger partial charge in [0.15, 0.2) is 5.79 Å². The quantitative estimate of drug-likeness (QED) is 0.715. The van der Waals surface area contributed by atoms with Crippen molar-refractivity contribution in [1.82, 2.24) is 0 Å². The van der Waals surface area contributed by atoms with Gasteiger partial charge in [0.05, 0.1) is 12.5 Å². The third kappa shape index (κ3) is 3.90. The predicted octanol–water partition coefficient (Wildman–Crippen LogP) is 4.07. The highest BCUT2D eigenvalue weighted by Gasteiger charge is 2.43. The summed E-state index contributed by atoms with van der Waals surface area (Å²) < 4.78 is 17.6. The summed E-state index contributed by atoms with van der Waals surface area (Å²) in [7, 11) is 0. The van der Waals surface area contributed by atoms with Crippen LogP contribution in [0.2, 0.25) is 0 Å². The number of carbonyl (C=O) groups is 1. The molecule has 4 unspecified atom stereocenters. The van der Waals surface area contributed by atoms with Crippen molar-refractivity contribution < 1.29 is 19.0 Å². The average Bonchev–Trinajstić information content (AvgIpc) is 3.17. The highest BCUT2D eigenvalue weighted by atomic mass is 16.8. The van der Waals surface area contributed by atoms with E-state index in [0.717, 1.165) is 25.7 Å². The third-order valence-corrected chi connectivity index (χ3v) is 6.14. The molecule has 3 fully saturated rings. The summed E-state index contributed by atoms with van der Waals surface area (Å²) in [5.41, 5.74) is 0. The van der Waals surface area contributed by atoms with E-state index in [2.05, 4.69) is 13.8 Å². The molecule has 0 aromatic carbocycles. The summed E-state index contributed by atoms with van der Waals surface area (Å²) in [4.78, 5) is 12.5. The van der Waals surface area contributed by atoms with Gasteiger partial charge in [-0.2, -0.15) is 0 Å². The van der Waals surface area contributed by atoms with E-state index in [1.54, 1.807) is 0 Å². The number of ether oxygens (including phenoxy) is 3. The van der Waals surface area contributed by atoms with E-state index in [1.165, 1.54) is 32.1 Å². The Kier molecular flexibility index (Phi) is 5.63. The third-order valence-electron chi connectivity index (χ3n) is 6.14. The first kappa shape index (κ1) is 17.2. The molecule has 1 heterocycles. The van der Waals surface area contributed by atoms with E-state index in [9.17, 15) is 4.79 Å². The van der Waals surface area contributed by atoms with Gasteiger partial charge < -0.3 is 14.2 Å². The van der Waals surface area contributed by atoms with Crippen molar-refractivity contribution in [3.8, 4) is 0 Å². The Labute approximate surface area is 140 Å². The highest BCUT2D eigenvalue weighted by Crippen LogP contribution is 2.41. The zero-order chi connectivity index (χ0) is 16.3. The summed E-state index contributed by atoms with van der Waals surface area (Å²) >= 11 is 0. The standard InChI is InChI=1S/C19H32O4/c1-3-14-10-15(4-2)17(11-14)18(20)21-12-16-13-22-19(23-16)8-6-5-7-9-19/h14-17H,3-13H2,1-2H3. The highest BCUT2D eigenvalue weighted by molar-refractivity contribution is 5.73. The average molecular weight is 324 g/mol. The van der Waals surface area contributed by atoms with Gasteiger partial charge in [-0.05, 0) is 37.5 Å². The lowest BCUT2D eigenvalue weighted by Gasteiger charge is -2.31. The molecule has 3 aliphatic rings. The maximum atomic E-state index is 12.5. The van der Waals surface area contributed by atoms with Crippen molar-refractivity contribution in [2.24, 2.45) is 17.8 Å². The molecule has 4 nitrogen and oxygen atoms in total. The second kappa shape index (κ2) is 7.52. The maximum absolute atomic E-state index is 12.5. The van der Waals surface area contributed by atoms with Crippen molar-refractivity contribution in [3.63, 3.8) is 0 Å². The SMILES string of the molecule is CCC1CC(CC)C(C(=O)OCC2COC3(CCCCC3)O2)C1. The Morgan fingerprint density at radius 3 is 2.61 bits per heavy atom. The molecule has 23 heavy (non-hydrogen) atoms. The fraction of sp³-hybridized carbons (Fsp3) is 0.947. The molecule has 2 aliphatic carbocycles. The van der Waals surface area contributed by atoms with Crippen LogP contribution in [0.15, 0.2) is 0 Å². The Hall–Kier alpha value is -0.610. The van der Waals surface area contributed by atoms with Crippen LogP contribution in [-0.4, -0.2) is 31.1 Å². The van der Waals surface area contributed by atoms with Crippen LogP contribution in [0, 0.1) is 17.8 Å².